The Hall–Kier alpha value is -2.60. The normalized spacial score (nSPS) is 14.5. The van der Waals surface area contributed by atoms with Gasteiger partial charge in [0.25, 0.3) is 5.56 Å². The van der Waals surface area contributed by atoms with Gasteiger partial charge in [-0.3, -0.25) is 9.78 Å². The van der Waals surface area contributed by atoms with Gasteiger partial charge in [0.05, 0.1) is 11.1 Å². The van der Waals surface area contributed by atoms with Crippen LogP contribution in [0.4, 0.5) is 0 Å². The summed E-state index contributed by atoms with van der Waals surface area (Å²) in [5.41, 5.74) is 2.36. The number of aryl methyl sites for hydroxylation is 3. The SMILES string of the molecule is CCCn1ccc2cc(-n3c(=O)[nH]c4sc5c(c4c3=O)CCCCC5)ccc21. The first kappa shape index (κ1) is 17.5. The molecular weight excluding hydrogens is 370 g/mol. The molecule has 28 heavy (non-hydrogen) atoms. The molecule has 4 aromatic rings. The second-order valence-electron chi connectivity index (χ2n) is 7.59. The lowest BCUT2D eigenvalue weighted by Crippen LogP contribution is -2.33. The first-order valence-corrected chi connectivity index (χ1v) is 10.9. The number of benzene rings is 1. The van der Waals surface area contributed by atoms with Crippen molar-refractivity contribution in [2.75, 3.05) is 0 Å². The van der Waals surface area contributed by atoms with Gasteiger partial charge in [-0.25, -0.2) is 9.36 Å². The van der Waals surface area contributed by atoms with Crippen molar-refractivity contribution in [3.63, 3.8) is 0 Å². The zero-order chi connectivity index (χ0) is 19.3. The second-order valence-corrected chi connectivity index (χ2v) is 8.70. The van der Waals surface area contributed by atoms with Gasteiger partial charge in [0, 0.05) is 28.5 Å². The van der Waals surface area contributed by atoms with Gasteiger partial charge in [0.2, 0.25) is 0 Å². The Bertz CT molecular complexity index is 1310. The highest BCUT2D eigenvalue weighted by Crippen LogP contribution is 2.32. The van der Waals surface area contributed by atoms with E-state index in [1.54, 1.807) is 11.3 Å². The highest BCUT2D eigenvalue weighted by Gasteiger charge is 2.20. The fourth-order valence-corrected chi connectivity index (χ4v) is 5.68. The highest BCUT2D eigenvalue weighted by molar-refractivity contribution is 7.18. The van der Waals surface area contributed by atoms with Gasteiger partial charge in [0.15, 0.2) is 0 Å². The lowest BCUT2D eigenvalue weighted by atomic mass is 10.1. The monoisotopic (exact) mass is 393 g/mol. The predicted octanol–water partition coefficient (Wildman–Crippen LogP) is 4.37. The van der Waals surface area contributed by atoms with Crippen molar-refractivity contribution in [3.8, 4) is 5.69 Å². The molecule has 1 N–H and O–H groups in total. The van der Waals surface area contributed by atoms with Crippen LogP contribution in [0, 0.1) is 0 Å². The van der Waals surface area contributed by atoms with E-state index in [1.807, 2.05) is 24.3 Å². The third kappa shape index (κ3) is 2.66. The molecule has 144 valence electrons. The predicted molar refractivity (Wildman–Crippen MR) is 115 cm³/mol. The summed E-state index contributed by atoms with van der Waals surface area (Å²) in [7, 11) is 0. The number of aromatic nitrogens is 3. The van der Waals surface area contributed by atoms with E-state index >= 15 is 0 Å². The summed E-state index contributed by atoms with van der Waals surface area (Å²) in [6, 6.07) is 7.87. The summed E-state index contributed by atoms with van der Waals surface area (Å²) in [5.74, 6) is 0. The summed E-state index contributed by atoms with van der Waals surface area (Å²) in [4.78, 5) is 31.1. The van der Waals surface area contributed by atoms with E-state index < -0.39 is 0 Å². The Balaban J connectivity index is 1.72. The Kier molecular flexibility index (Phi) is 4.23. The summed E-state index contributed by atoms with van der Waals surface area (Å²) < 4.78 is 3.50. The van der Waals surface area contributed by atoms with Crippen molar-refractivity contribution in [2.45, 2.75) is 52.0 Å². The maximum absolute atomic E-state index is 13.4. The van der Waals surface area contributed by atoms with Crippen LogP contribution in [-0.4, -0.2) is 14.1 Å². The molecule has 0 saturated carbocycles. The first-order chi connectivity index (χ1) is 13.7. The van der Waals surface area contributed by atoms with Crippen LogP contribution in [0.1, 0.15) is 43.0 Å². The van der Waals surface area contributed by atoms with E-state index in [9.17, 15) is 9.59 Å². The van der Waals surface area contributed by atoms with Crippen LogP contribution >= 0.6 is 11.3 Å². The van der Waals surface area contributed by atoms with Crippen molar-refractivity contribution in [1.29, 1.82) is 0 Å². The van der Waals surface area contributed by atoms with Crippen molar-refractivity contribution < 1.29 is 0 Å². The van der Waals surface area contributed by atoms with Crippen molar-refractivity contribution in [2.24, 2.45) is 0 Å². The Morgan fingerprint density at radius 2 is 1.96 bits per heavy atom. The van der Waals surface area contributed by atoms with Gasteiger partial charge in [-0.05, 0) is 61.9 Å². The second kappa shape index (κ2) is 6.78. The quantitative estimate of drug-likeness (QED) is 0.525. The van der Waals surface area contributed by atoms with Crippen LogP contribution in [0.25, 0.3) is 26.8 Å². The smallest absolute Gasteiger partial charge is 0.334 e. The number of aromatic amines is 1. The fourth-order valence-electron chi connectivity index (χ4n) is 4.41. The van der Waals surface area contributed by atoms with Crippen LogP contribution in [0.3, 0.4) is 0 Å². The molecule has 1 aliphatic carbocycles. The first-order valence-electron chi connectivity index (χ1n) is 10.1. The zero-order valence-electron chi connectivity index (χ0n) is 16.0. The number of H-pyrrole nitrogens is 1. The molecule has 0 fully saturated rings. The minimum atomic E-state index is -0.360. The molecule has 3 heterocycles. The molecule has 1 aliphatic rings. The lowest BCUT2D eigenvalue weighted by molar-refractivity contribution is 0.703. The Morgan fingerprint density at radius 1 is 1.11 bits per heavy atom. The molecule has 6 heteroatoms. The standard InChI is InChI=1S/C22H23N3O2S/c1-2-11-24-12-10-14-13-15(8-9-17(14)24)25-21(26)19-16-6-4-3-5-7-18(16)28-20(19)23-22(25)27/h8-10,12-13H,2-7,11H2,1H3,(H,23,27). The molecule has 0 atom stereocenters. The number of nitrogens with one attached hydrogen (secondary N) is 1. The summed E-state index contributed by atoms with van der Waals surface area (Å²) >= 11 is 1.58. The maximum Gasteiger partial charge on any atom is 0.334 e. The fraction of sp³-hybridized carbons (Fsp3) is 0.364. The van der Waals surface area contributed by atoms with Crippen molar-refractivity contribution in [1.82, 2.24) is 14.1 Å². The minimum Gasteiger partial charge on any atom is -0.347 e. The molecule has 0 spiro atoms. The molecule has 0 amide bonds. The van der Waals surface area contributed by atoms with Crippen LogP contribution < -0.4 is 11.2 Å². The summed E-state index contributed by atoms with van der Waals surface area (Å²) in [5, 5.41) is 1.76. The van der Waals surface area contributed by atoms with Crippen LogP contribution in [-0.2, 0) is 19.4 Å². The van der Waals surface area contributed by atoms with Gasteiger partial charge >= 0.3 is 5.69 Å². The summed E-state index contributed by atoms with van der Waals surface area (Å²) in [6.45, 7) is 3.11. The third-order valence-corrected chi connectivity index (χ3v) is 6.95. The Labute approximate surface area is 166 Å². The highest BCUT2D eigenvalue weighted by atomic mass is 32.1. The van der Waals surface area contributed by atoms with Crippen molar-refractivity contribution >= 4 is 32.5 Å². The lowest BCUT2D eigenvalue weighted by Gasteiger charge is -2.08. The molecule has 5 nitrogen and oxygen atoms in total. The largest absolute Gasteiger partial charge is 0.347 e. The number of hydrogen-bond donors (Lipinski definition) is 1. The van der Waals surface area contributed by atoms with E-state index in [0.717, 1.165) is 59.9 Å². The average molecular weight is 394 g/mol. The summed E-state index contributed by atoms with van der Waals surface area (Å²) in [6.07, 6.45) is 8.52. The van der Waals surface area contributed by atoms with Gasteiger partial charge < -0.3 is 4.57 Å². The maximum atomic E-state index is 13.4. The molecule has 3 aromatic heterocycles. The molecule has 1 aromatic carbocycles. The number of fused-ring (bicyclic) bond motifs is 4. The van der Waals surface area contributed by atoms with Gasteiger partial charge in [-0.1, -0.05) is 13.3 Å². The van der Waals surface area contributed by atoms with Crippen molar-refractivity contribution in [3.05, 3.63) is 61.7 Å². The van der Waals surface area contributed by atoms with Gasteiger partial charge in [-0.2, -0.15) is 0 Å². The molecule has 0 radical (unpaired) electrons. The third-order valence-electron chi connectivity index (χ3n) is 5.74. The van der Waals surface area contributed by atoms with E-state index in [4.69, 9.17) is 0 Å². The molecule has 0 saturated heterocycles. The van der Waals surface area contributed by atoms with Gasteiger partial charge in [-0.15, -0.1) is 11.3 Å². The number of rotatable bonds is 3. The van der Waals surface area contributed by atoms with E-state index in [1.165, 1.54) is 15.9 Å². The molecule has 0 bridgehead atoms. The number of hydrogen-bond acceptors (Lipinski definition) is 3. The van der Waals surface area contributed by atoms with Crippen LogP contribution in [0.2, 0.25) is 0 Å². The van der Waals surface area contributed by atoms with Crippen LogP contribution in [0.15, 0.2) is 40.1 Å². The number of nitrogens with zero attached hydrogens (tertiary/aromatic N) is 2. The minimum absolute atomic E-state index is 0.189. The molecule has 0 aliphatic heterocycles. The Morgan fingerprint density at radius 3 is 2.82 bits per heavy atom. The van der Waals surface area contributed by atoms with Gasteiger partial charge in [0.1, 0.15) is 4.83 Å². The zero-order valence-corrected chi connectivity index (χ0v) is 16.8. The van der Waals surface area contributed by atoms with E-state index in [-0.39, 0.29) is 11.2 Å². The average Bonchev–Trinajstić information content (AvgIpc) is 3.15. The van der Waals surface area contributed by atoms with Crippen LogP contribution in [0.5, 0.6) is 0 Å². The topological polar surface area (TPSA) is 59.8 Å². The molecular formula is C22H23N3O2S. The molecule has 5 rings (SSSR count). The molecule has 0 unspecified atom stereocenters. The number of thiophene rings is 1. The van der Waals surface area contributed by atoms with E-state index in [2.05, 4.69) is 22.7 Å². The van der Waals surface area contributed by atoms with E-state index in [0.29, 0.717) is 11.1 Å².